The Labute approximate surface area is 128 Å². The maximum Gasteiger partial charge on any atom is 0.0624 e. The molecule has 4 nitrogen and oxygen atoms in total. The summed E-state index contributed by atoms with van der Waals surface area (Å²) in [6.45, 7) is 2.18. The van der Waals surface area contributed by atoms with E-state index in [1.807, 2.05) is 0 Å². The molecule has 0 aliphatic carbocycles. The van der Waals surface area contributed by atoms with E-state index < -0.39 is 0 Å². The molecule has 3 heterocycles. The summed E-state index contributed by atoms with van der Waals surface area (Å²) < 4.78 is 2.08. The topological polar surface area (TPSA) is 33.1 Å². The summed E-state index contributed by atoms with van der Waals surface area (Å²) in [7, 11) is 6.53. The lowest BCUT2D eigenvalue weighted by molar-refractivity contribution is 0.113. The number of aromatic nitrogens is 2. The quantitative estimate of drug-likeness (QED) is 0.900. The lowest BCUT2D eigenvalue weighted by atomic mass is 9.83. The van der Waals surface area contributed by atoms with E-state index in [1.165, 1.54) is 37.1 Å². The molecule has 2 aliphatic heterocycles. The maximum absolute atomic E-state index is 4.60. The van der Waals surface area contributed by atoms with Crippen molar-refractivity contribution in [3.05, 3.63) is 17.5 Å². The lowest BCUT2D eigenvalue weighted by Gasteiger charge is -2.39. The highest BCUT2D eigenvalue weighted by Gasteiger charge is 2.40. The minimum absolute atomic E-state index is 0.585. The van der Waals surface area contributed by atoms with Crippen LogP contribution in [0, 0.1) is 5.92 Å². The molecule has 3 unspecified atom stereocenters. The highest BCUT2D eigenvalue weighted by molar-refractivity contribution is 5.12. The third-order valence-corrected chi connectivity index (χ3v) is 5.89. The fourth-order valence-electron chi connectivity index (χ4n) is 4.45. The van der Waals surface area contributed by atoms with Gasteiger partial charge in [-0.1, -0.05) is 6.92 Å². The van der Waals surface area contributed by atoms with Crippen LogP contribution in [0.1, 0.15) is 44.0 Å². The van der Waals surface area contributed by atoms with E-state index in [1.54, 1.807) is 0 Å². The normalized spacial score (nSPS) is 30.8. The number of nitrogens with zero attached hydrogens (tertiary/aromatic N) is 3. The van der Waals surface area contributed by atoms with Crippen LogP contribution in [0.4, 0.5) is 0 Å². The van der Waals surface area contributed by atoms with Gasteiger partial charge in [0.05, 0.1) is 5.69 Å². The van der Waals surface area contributed by atoms with Gasteiger partial charge in [-0.2, -0.15) is 5.10 Å². The van der Waals surface area contributed by atoms with Crippen LogP contribution in [0.2, 0.25) is 0 Å². The zero-order valence-corrected chi connectivity index (χ0v) is 14.0. The van der Waals surface area contributed by atoms with Crippen LogP contribution >= 0.6 is 0 Å². The van der Waals surface area contributed by atoms with Gasteiger partial charge in [0.25, 0.3) is 0 Å². The van der Waals surface area contributed by atoms with Gasteiger partial charge in [-0.3, -0.25) is 4.68 Å². The Morgan fingerprint density at radius 2 is 1.95 bits per heavy atom. The number of piperidine rings is 1. The van der Waals surface area contributed by atoms with Crippen LogP contribution in [0.15, 0.2) is 6.07 Å². The van der Waals surface area contributed by atoms with Crippen molar-refractivity contribution in [2.75, 3.05) is 14.1 Å². The first-order valence-electron chi connectivity index (χ1n) is 8.53. The second-order valence-electron chi connectivity index (χ2n) is 6.99. The molecule has 0 amide bonds. The van der Waals surface area contributed by atoms with E-state index in [0.717, 1.165) is 30.8 Å². The Hall–Kier alpha value is -0.870. The molecule has 1 aromatic heterocycles. The number of rotatable bonds is 5. The minimum Gasteiger partial charge on any atom is -0.316 e. The summed E-state index contributed by atoms with van der Waals surface area (Å²) in [5, 5.41) is 8.20. The molecule has 118 valence electrons. The number of nitrogens with one attached hydrogen (secondary N) is 1. The molecule has 2 bridgehead atoms. The third kappa shape index (κ3) is 2.88. The summed E-state index contributed by atoms with van der Waals surface area (Å²) in [4.78, 5) is 2.63. The van der Waals surface area contributed by atoms with Gasteiger partial charge in [-0.05, 0) is 58.2 Å². The Kier molecular flexibility index (Phi) is 4.36. The smallest absolute Gasteiger partial charge is 0.0624 e. The zero-order chi connectivity index (χ0) is 15.0. The molecule has 2 saturated heterocycles. The number of hydrogen-bond acceptors (Lipinski definition) is 3. The SMILES string of the molecule is CCc1cc(CC(NC)C2CC3CCC(C2)N3C)n(C)n1. The highest BCUT2D eigenvalue weighted by atomic mass is 15.3. The summed E-state index contributed by atoms with van der Waals surface area (Å²) in [6.07, 6.45) is 7.65. The van der Waals surface area contributed by atoms with Gasteiger partial charge >= 0.3 is 0 Å². The number of aryl methyl sites for hydroxylation is 2. The van der Waals surface area contributed by atoms with Crippen LogP contribution in [-0.2, 0) is 19.9 Å². The van der Waals surface area contributed by atoms with Crippen LogP contribution < -0.4 is 5.32 Å². The van der Waals surface area contributed by atoms with Crippen LogP contribution in [0.25, 0.3) is 0 Å². The van der Waals surface area contributed by atoms with Gasteiger partial charge in [0, 0.05) is 37.3 Å². The molecule has 0 radical (unpaired) electrons. The Morgan fingerprint density at radius 1 is 1.29 bits per heavy atom. The Bertz CT molecular complexity index is 467. The van der Waals surface area contributed by atoms with Crippen molar-refractivity contribution in [3.63, 3.8) is 0 Å². The fourth-order valence-corrected chi connectivity index (χ4v) is 4.45. The predicted octanol–water partition coefficient (Wildman–Crippen LogP) is 1.99. The predicted molar refractivity (Wildman–Crippen MR) is 86.4 cm³/mol. The largest absolute Gasteiger partial charge is 0.316 e. The first kappa shape index (κ1) is 15.0. The Morgan fingerprint density at radius 3 is 2.48 bits per heavy atom. The summed E-state index contributed by atoms with van der Waals surface area (Å²) in [6, 6.07) is 4.51. The highest BCUT2D eigenvalue weighted by Crippen LogP contribution is 2.39. The first-order valence-corrected chi connectivity index (χ1v) is 8.53. The van der Waals surface area contributed by atoms with Crippen LogP contribution in [0.5, 0.6) is 0 Å². The Balaban J connectivity index is 1.69. The molecule has 4 heteroatoms. The van der Waals surface area contributed by atoms with Crippen LogP contribution in [-0.4, -0.2) is 46.9 Å². The van der Waals surface area contributed by atoms with E-state index in [-0.39, 0.29) is 0 Å². The molecular formula is C17H30N4. The van der Waals surface area contributed by atoms with Crippen molar-refractivity contribution in [3.8, 4) is 0 Å². The van der Waals surface area contributed by atoms with Gasteiger partial charge in [0.1, 0.15) is 0 Å². The molecule has 3 atom stereocenters. The van der Waals surface area contributed by atoms with Crippen molar-refractivity contribution in [1.29, 1.82) is 0 Å². The molecule has 2 fully saturated rings. The molecule has 21 heavy (non-hydrogen) atoms. The van der Waals surface area contributed by atoms with E-state index in [2.05, 4.69) is 54.1 Å². The van der Waals surface area contributed by atoms with Crippen molar-refractivity contribution >= 4 is 0 Å². The maximum atomic E-state index is 4.60. The van der Waals surface area contributed by atoms with Crippen molar-refractivity contribution in [2.45, 2.75) is 63.6 Å². The number of hydrogen-bond donors (Lipinski definition) is 1. The second-order valence-corrected chi connectivity index (χ2v) is 6.99. The molecule has 0 spiro atoms. The van der Waals surface area contributed by atoms with Crippen molar-refractivity contribution < 1.29 is 0 Å². The van der Waals surface area contributed by atoms with Crippen molar-refractivity contribution in [2.24, 2.45) is 13.0 Å². The van der Waals surface area contributed by atoms with E-state index in [4.69, 9.17) is 0 Å². The van der Waals surface area contributed by atoms with Gasteiger partial charge in [-0.15, -0.1) is 0 Å². The van der Waals surface area contributed by atoms with Gasteiger partial charge in [-0.25, -0.2) is 0 Å². The molecule has 1 N–H and O–H groups in total. The summed E-state index contributed by atoms with van der Waals surface area (Å²) in [5.41, 5.74) is 2.59. The number of likely N-dealkylation sites (N-methyl/N-ethyl adjacent to an activating group) is 1. The molecule has 1 aromatic rings. The average Bonchev–Trinajstić information content (AvgIpc) is 2.91. The van der Waals surface area contributed by atoms with Crippen LogP contribution in [0.3, 0.4) is 0 Å². The van der Waals surface area contributed by atoms with Crippen molar-refractivity contribution in [1.82, 2.24) is 20.0 Å². The van der Waals surface area contributed by atoms with Gasteiger partial charge in [0.2, 0.25) is 0 Å². The monoisotopic (exact) mass is 290 g/mol. The van der Waals surface area contributed by atoms with E-state index in [9.17, 15) is 0 Å². The summed E-state index contributed by atoms with van der Waals surface area (Å²) >= 11 is 0. The molecule has 3 rings (SSSR count). The minimum atomic E-state index is 0.585. The molecular weight excluding hydrogens is 260 g/mol. The fraction of sp³-hybridized carbons (Fsp3) is 0.824. The third-order valence-electron chi connectivity index (χ3n) is 5.89. The molecule has 0 saturated carbocycles. The standard InChI is InChI=1S/C17H30N4/c1-5-13-10-16(21(4)19-13)11-17(18-2)12-8-14-6-7-15(9-12)20(14)3/h10,12,14-15,17-18H,5-9,11H2,1-4H3. The summed E-state index contributed by atoms with van der Waals surface area (Å²) in [5.74, 6) is 0.809. The van der Waals surface area contributed by atoms with E-state index in [0.29, 0.717) is 6.04 Å². The first-order chi connectivity index (χ1) is 10.1. The molecule has 0 aromatic carbocycles. The average molecular weight is 290 g/mol. The van der Waals surface area contributed by atoms with Gasteiger partial charge < -0.3 is 10.2 Å². The number of fused-ring (bicyclic) bond motifs is 2. The van der Waals surface area contributed by atoms with E-state index >= 15 is 0 Å². The molecule has 2 aliphatic rings. The second kappa shape index (κ2) is 6.09. The lowest BCUT2D eigenvalue weighted by Crippen LogP contribution is -2.47. The zero-order valence-electron chi connectivity index (χ0n) is 14.0. The van der Waals surface area contributed by atoms with Gasteiger partial charge in [0.15, 0.2) is 0 Å².